The van der Waals surface area contributed by atoms with E-state index in [1.165, 1.54) is 38.2 Å². The van der Waals surface area contributed by atoms with E-state index in [0.29, 0.717) is 0 Å². The first-order chi connectivity index (χ1) is 6.74. The average Bonchev–Trinajstić information content (AvgIpc) is 2.19. The Labute approximate surface area is 92.8 Å². The van der Waals surface area contributed by atoms with Crippen molar-refractivity contribution in [1.82, 2.24) is 10.2 Å². The normalized spacial score (nSPS) is 20.6. The lowest BCUT2D eigenvalue weighted by molar-refractivity contribution is 0.162. The molecule has 1 rings (SSSR count). The lowest BCUT2D eigenvalue weighted by Gasteiger charge is -2.35. The Kier molecular flexibility index (Phi) is 5.90. The topological polar surface area (TPSA) is 15.3 Å². The van der Waals surface area contributed by atoms with Crippen LogP contribution in [0.3, 0.4) is 0 Å². The summed E-state index contributed by atoms with van der Waals surface area (Å²) >= 11 is 1.92. The number of thioether (sulfide) groups is 1. The van der Waals surface area contributed by atoms with Crippen LogP contribution in [0, 0.1) is 0 Å². The molecule has 0 spiro atoms. The Bertz CT molecular complexity index is 142. The van der Waals surface area contributed by atoms with Crippen LogP contribution in [0.15, 0.2) is 0 Å². The summed E-state index contributed by atoms with van der Waals surface area (Å²) in [5.74, 6) is 1.24. The monoisotopic (exact) mass is 216 g/mol. The molecule has 0 saturated carbocycles. The Balaban J connectivity index is 2.09. The number of hydrogen-bond donors (Lipinski definition) is 1. The number of hydrogen-bond acceptors (Lipinski definition) is 3. The molecule has 0 radical (unpaired) electrons. The second-order valence-corrected chi connectivity index (χ2v) is 5.34. The SMILES string of the molecule is CSCCNC1CCN(C(C)C)CC1. The summed E-state index contributed by atoms with van der Waals surface area (Å²) in [6.45, 7) is 8.31. The van der Waals surface area contributed by atoms with Crippen LogP contribution < -0.4 is 5.32 Å². The first-order valence-corrected chi connectivity index (χ1v) is 7.09. The molecule has 1 fully saturated rings. The fourth-order valence-corrected chi connectivity index (χ4v) is 2.31. The summed E-state index contributed by atoms with van der Waals surface area (Å²) in [5.41, 5.74) is 0. The molecule has 0 aromatic carbocycles. The highest BCUT2D eigenvalue weighted by Gasteiger charge is 2.19. The molecule has 1 N–H and O–H groups in total. The Hall–Kier alpha value is 0.270. The third-order valence-corrected chi connectivity index (χ3v) is 3.61. The van der Waals surface area contributed by atoms with Crippen molar-refractivity contribution in [2.24, 2.45) is 0 Å². The predicted octanol–water partition coefficient (Wildman–Crippen LogP) is 1.81. The standard InChI is InChI=1S/C11H24N2S/c1-10(2)13-7-4-11(5-8-13)12-6-9-14-3/h10-12H,4-9H2,1-3H3. The number of nitrogens with zero attached hydrogens (tertiary/aromatic N) is 1. The summed E-state index contributed by atoms with van der Waals surface area (Å²) in [6.07, 6.45) is 4.82. The van der Waals surface area contributed by atoms with Crippen LogP contribution in [0.5, 0.6) is 0 Å². The van der Waals surface area contributed by atoms with Crippen LogP contribution in [-0.4, -0.2) is 48.6 Å². The predicted molar refractivity (Wildman–Crippen MR) is 66.1 cm³/mol. The zero-order valence-electron chi connectivity index (χ0n) is 9.75. The first kappa shape index (κ1) is 12.3. The largest absolute Gasteiger partial charge is 0.313 e. The molecule has 0 unspecified atom stereocenters. The second-order valence-electron chi connectivity index (χ2n) is 4.35. The van der Waals surface area contributed by atoms with Crippen LogP contribution in [0.4, 0.5) is 0 Å². The molecule has 0 bridgehead atoms. The summed E-state index contributed by atoms with van der Waals surface area (Å²) < 4.78 is 0. The highest BCUT2D eigenvalue weighted by atomic mass is 32.2. The summed E-state index contributed by atoms with van der Waals surface area (Å²) in [7, 11) is 0. The molecule has 0 aromatic rings. The molecular formula is C11H24N2S. The van der Waals surface area contributed by atoms with E-state index in [4.69, 9.17) is 0 Å². The van der Waals surface area contributed by atoms with Gasteiger partial charge in [-0.3, -0.25) is 0 Å². The summed E-state index contributed by atoms with van der Waals surface area (Å²) in [5, 5.41) is 3.63. The number of rotatable bonds is 5. The molecule has 3 heteroatoms. The minimum atomic E-state index is 0.724. The van der Waals surface area contributed by atoms with Crippen molar-refractivity contribution in [1.29, 1.82) is 0 Å². The average molecular weight is 216 g/mol. The van der Waals surface area contributed by atoms with Crippen LogP contribution >= 0.6 is 11.8 Å². The van der Waals surface area contributed by atoms with Gasteiger partial charge in [0.15, 0.2) is 0 Å². The quantitative estimate of drug-likeness (QED) is 0.706. The van der Waals surface area contributed by atoms with Gasteiger partial charge in [0.1, 0.15) is 0 Å². The lowest BCUT2D eigenvalue weighted by atomic mass is 10.0. The van der Waals surface area contributed by atoms with E-state index < -0.39 is 0 Å². The highest BCUT2D eigenvalue weighted by molar-refractivity contribution is 7.98. The van der Waals surface area contributed by atoms with Gasteiger partial charge in [0.25, 0.3) is 0 Å². The minimum absolute atomic E-state index is 0.724. The van der Waals surface area contributed by atoms with Crippen molar-refractivity contribution in [2.75, 3.05) is 31.6 Å². The van der Waals surface area contributed by atoms with Crippen molar-refractivity contribution in [3.05, 3.63) is 0 Å². The van der Waals surface area contributed by atoms with Gasteiger partial charge in [0, 0.05) is 24.4 Å². The molecule has 2 nitrogen and oxygen atoms in total. The van der Waals surface area contributed by atoms with Crippen LogP contribution in [-0.2, 0) is 0 Å². The van der Waals surface area contributed by atoms with E-state index in [0.717, 1.165) is 12.1 Å². The van der Waals surface area contributed by atoms with Gasteiger partial charge in [-0.15, -0.1) is 0 Å². The summed E-state index contributed by atoms with van der Waals surface area (Å²) in [4.78, 5) is 2.58. The number of likely N-dealkylation sites (tertiary alicyclic amines) is 1. The molecule has 14 heavy (non-hydrogen) atoms. The lowest BCUT2D eigenvalue weighted by Crippen LogP contribution is -2.45. The maximum Gasteiger partial charge on any atom is 0.00917 e. The van der Waals surface area contributed by atoms with Crippen LogP contribution in [0.25, 0.3) is 0 Å². The van der Waals surface area contributed by atoms with Crippen molar-refractivity contribution < 1.29 is 0 Å². The molecule has 0 amide bonds. The molecule has 0 atom stereocenters. The van der Waals surface area contributed by atoms with E-state index in [1.807, 2.05) is 11.8 Å². The number of piperidine rings is 1. The Morgan fingerprint density at radius 2 is 2.00 bits per heavy atom. The molecule has 1 aliphatic heterocycles. The van der Waals surface area contributed by atoms with E-state index >= 15 is 0 Å². The van der Waals surface area contributed by atoms with E-state index in [9.17, 15) is 0 Å². The maximum atomic E-state index is 3.63. The van der Waals surface area contributed by atoms with E-state index in [1.54, 1.807) is 0 Å². The minimum Gasteiger partial charge on any atom is -0.313 e. The van der Waals surface area contributed by atoms with Gasteiger partial charge in [-0.05, 0) is 46.0 Å². The zero-order valence-corrected chi connectivity index (χ0v) is 10.6. The maximum absolute atomic E-state index is 3.63. The third-order valence-electron chi connectivity index (χ3n) is 3.00. The number of nitrogens with one attached hydrogen (secondary N) is 1. The molecule has 1 heterocycles. The summed E-state index contributed by atoms with van der Waals surface area (Å²) in [6, 6.07) is 1.50. The van der Waals surface area contributed by atoms with Crippen molar-refractivity contribution >= 4 is 11.8 Å². The smallest absolute Gasteiger partial charge is 0.00917 e. The van der Waals surface area contributed by atoms with Gasteiger partial charge in [0.05, 0.1) is 0 Å². The van der Waals surface area contributed by atoms with Gasteiger partial charge in [-0.1, -0.05) is 0 Å². The fourth-order valence-electron chi connectivity index (χ4n) is 1.99. The van der Waals surface area contributed by atoms with Gasteiger partial charge in [0.2, 0.25) is 0 Å². The fraction of sp³-hybridized carbons (Fsp3) is 1.00. The van der Waals surface area contributed by atoms with E-state index in [2.05, 4.69) is 30.3 Å². The van der Waals surface area contributed by atoms with Crippen molar-refractivity contribution in [3.63, 3.8) is 0 Å². The Morgan fingerprint density at radius 3 is 2.50 bits per heavy atom. The molecule has 84 valence electrons. The van der Waals surface area contributed by atoms with Gasteiger partial charge in [-0.2, -0.15) is 11.8 Å². The van der Waals surface area contributed by atoms with Crippen LogP contribution in [0.1, 0.15) is 26.7 Å². The van der Waals surface area contributed by atoms with Gasteiger partial charge < -0.3 is 10.2 Å². The highest BCUT2D eigenvalue weighted by Crippen LogP contribution is 2.12. The second kappa shape index (κ2) is 6.70. The van der Waals surface area contributed by atoms with Gasteiger partial charge in [-0.25, -0.2) is 0 Å². The van der Waals surface area contributed by atoms with Crippen molar-refractivity contribution in [3.8, 4) is 0 Å². The van der Waals surface area contributed by atoms with Crippen molar-refractivity contribution in [2.45, 2.75) is 38.8 Å². The van der Waals surface area contributed by atoms with Gasteiger partial charge >= 0.3 is 0 Å². The Morgan fingerprint density at radius 1 is 1.36 bits per heavy atom. The van der Waals surface area contributed by atoms with E-state index in [-0.39, 0.29) is 0 Å². The molecule has 0 aromatic heterocycles. The molecule has 1 saturated heterocycles. The zero-order chi connectivity index (χ0) is 10.4. The third kappa shape index (κ3) is 4.20. The molecule has 0 aliphatic carbocycles. The molecule has 1 aliphatic rings. The first-order valence-electron chi connectivity index (χ1n) is 5.70. The van der Waals surface area contributed by atoms with Crippen LogP contribution in [0.2, 0.25) is 0 Å². The molecular weight excluding hydrogens is 192 g/mol.